The van der Waals surface area contributed by atoms with E-state index in [0.29, 0.717) is 17.9 Å². The third-order valence-corrected chi connectivity index (χ3v) is 5.04. The van der Waals surface area contributed by atoms with Crippen molar-refractivity contribution in [2.24, 2.45) is 23.2 Å². The number of aliphatic hydroxyl groups is 1. The monoisotopic (exact) mass is 212 g/mol. The van der Waals surface area contributed by atoms with Gasteiger partial charge in [-0.25, -0.2) is 0 Å². The quantitative estimate of drug-likeness (QED) is 0.709. The lowest BCUT2D eigenvalue weighted by Gasteiger charge is -2.53. The van der Waals surface area contributed by atoms with Crippen LogP contribution in [0.5, 0.6) is 0 Å². The van der Waals surface area contributed by atoms with Crippen molar-refractivity contribution < 1.29 is 5.11 Å². The molecule has 0 radical (unpaired) electrons. The van der Waals surface area contributed by atoms with Gasteiger partial charge in [-0.1, -0.05) is 27.7 Å². The first kappa shape index (κ1) is 13.0. The van der Waals surface area contributed by atoms with Gasteiger partial charge in [0.25, 0.3) is 0 Å². The molecule has 1 fully saturated rings. The van der Waals surface area contributed by atoms with Crippen molar-refractivity contribution in [3.05, 3.63) is 0 Å². The molecule has 1 rings (SSSR count). The third kappa shape index (κ3) is 2.55. The molecule has 0 heterocycles. The lowest BCUT2D eigenvalue weighted by Crippen LogP contribution is -2.43. The summed E-state index contributed by atoms with van der Waals surface area (Å²) in [5.41, 5.74) is 0.629. The molecule has 90 valence electrons. The molecule has 0 aromatic heterocycles. The van der Waals surface area contributed by atoms with Gasteiger partial charge in [0, 0.05) is 6.61 Å². The molecule has 1 N–H and O–H groups in total. The summed E-state index contributed by atoms with van der Waals surface area (Å²) in [6.07, 6.45) is 6.45. The summed E-state index contributed by atoms with van der Waals surface area (Å²) < 4.78 is 0. The van der Waals surface area contributed by atoms with Crippen LogP contribution in [0.2, 0.25) is 0 Å². The minimum Gasteiger partial charge on any atom is -0.396 e. The molecule has 0 aliphatic heterocycles. The van der Waals surface area contributed by atoms with Gasteiger partial charge < -0.3 is 5.11 Å². The summed E-state index contributed by atoms with van der Waals surface area (Å²) in [6.45, 7) is 9.82. The smallest absolute Gasteiger partial charge is 0.0433 e. The van der Waals surface area contributed by atoms with Crippen LogP contribution in [-0.2, 0) is 0 Å². The number of hydrogen-bond acceptors (Lipinski definition) is 1. The van der Waals surface area contributed by atoms with Crippen LogP contribution in [0, 0.1) is 23.2 Å². The van der Waals surface area contributed by atoms with E-state index in [0.717, 1.165) is 18.3 Å². The summed E-state index contributed by atoms with van der Waals surface area (Å²) in [7, 11) is 0. The lowest BCUT2D eigenvalue weighted by atomic mass is 9.52. The van der Waals surface area contributed by atoms with E-state index < -0.39 is 0 Å². The molecule has 4 unspecified atom stereocenters. The average Bonchev–Trinajstić information content (AvgIpc) is 2.17. The normalized spacial score (nSPS) is 34.6. The minimum absolute atomic E-state index is 0.350. The molecule has 0 aromatic rings. The van der Waals surface area contributed by atoms with Crippen molar-refractivity contribution >= 4 is 0 Å². The second-order valence-electron chi connectivity index (χ2n) is 5.78. The van der Waals surface area contributed by atoms with Crippen LogP contribution in [-0.4, -0.2) is 11.7 Å². The Morgan fingerprint density at radius 1 is 1.40 bits per heavy atom. The van der Waals surface area contributed by atoms with Gasteiger partial charge in [0.1, 0.15) is 0 Å². The first-order chi connectivity index (χ1) is 7.06. The first-order valence-electron chi connectivity index (χ1n) is 6.67. The Kier molecular flexibility index (Phi) is 4.64. The standard InChI is InChI=1S/C14H28O/c1-5-14(8-6-12(14)3)13(4)10-11(2)7-9-15/h11-13,15H,5-10H2,1-4H3. The zero-order valence-corrected chi connectivity index (χ0v) is 10.9. The van der Waals surface area contributed by atoms with Crippen LogP contribution in [0.4, 0.5) is 0 Å². The molecular weight excluding hydrogens is 184 g/mol. The van der Waals surface area contributed by atoms with Gasteiger partial charge in [0.2, 0.25) is 0 Å². The number of hydrogen-bond donors (Lipinski definition) is 1. The van der Waals surface area contributed by atoms with Crippen molar-refractivity contribution in [1.29, 1.82) is 0 Å². The Balaban J connectivity index is 2.47. The molecule has 1 aliphatic rings. The number of rotatable bonds is 6. The Bertz CT molecular complexity index is 186. The van der Waals surface area contributed by atoms with Crippen LogP contribution >= 0.6 is 0 Å². The van der Waals surface area contributed by atoms with Crippen molar-refractivity contribution in [3.63, 3.8) is 0 Å². The van der Waals surface area contributed by atoms with Crippen LogP contribution in [0.25, 0.3) is 0 Å². The van der Waals surface area contributed by atoms with Gasteiger partial charge in [-0.15, -0.1) is 0 Å². The Hall–Kier alpha value is -0.0400. The van der Waals surface area contributed by atoms with E-state index in [2.05, 4.69) is 27.7 Å². The first-order valence-corrected chi connectivity index (χ1v) is 6.67. The molecule has 0 bridgehead atoms. The van der Waals surface area contributed by atoms with E-state index in [-0.39, 0.29) is 0 Å². The highest BCUT2D eigenvalue weighted by Crippen LogP contribution is 2.55. The molecule has 1 saturated carbocycles. The molecule has 1 heteroatoms. The van der Waals surface area contributed by atoms with Crippen molar-refractivity contribution in [3.8, 4) is 0 Å². The molecule has 4 atom stereocenters. The van der Waals surface area contributed by atoms with Crippen molar-refractivity contribution in [2.75, 3.05) is 6.61 Å². The van der Waals surface area contributed by atoms with Gasteiger partial charge in [0.05, 0.1) is 0 Å². The van der Waals surface area contributed by atoms with E-state index in [1.807, 2.05) is 0 Å². The van der Waals surface area contributed by atoms with Gasteiger partial charge in [0.15, 0.2) is 0 Å². The predicted molar refractivity (Wildman–Crippen MR) is 65.8 cm³/mol. The molecule has 1 nitrogen and oxygen atoms in total. The van der Waals surface area contributed by atoms with Crippen molar-refractivity contribution in [2.45, 2.75) is 59.8 Å². The molecule has 1 aliphatic carbocycles. The third-order valence-electron chi connectivity index (χ3n) is 5.04. The SMILES string of the molecule is CCC1(C(C)CC(C)CCO)CCC1C. The highest BCUT2D eigenvalue weighted by Gasteiger charge is 2.46. The van der Waals surface area contributed by atoms with Gasteiger partial charge in [-0.05, 0) is 55.3 Å². The highest BCUT2D eigenvalue weighted by atomic mass is 16.3. The second kappa shape index (κ2) is 5.34. The predicted octanol–water partition coefficient (Wildman–Crippen LogP) is 3.86. The van der Waals surface area contributed by atoms with Crippen LogP contribution in [0.1, 0.15) is 59.8 Å². The molecule has 15 heavy (non-hydrogen) atoms. The Morgan fingerprint density at radius 2 is 2.07 bits per heavy atom. The Labute approximate surface area is 95.3 Å². The maximum atomic E-state index is 8.93. The minimum atomic E-state index is 0.350. The van der Waals surface area contributed by atoms with E-state index in [1.54, 1.807) is 0 Å². The summed E-state index contributed by atoms with van der Waals surface area (Å²) in [4.78, 5) is 0. The fraction of sp³-hybridized carbons (Fsp3) is 1.00. The number of aliphatic hydroxyl groups excluding tert-OH is 1. The molecular formula is C14H28O. The zero-order chi connectivity index (χ0) is 11.5. The average molecular weight is 212 g/mol. The molecule has 0 saturated heterocycles. The van der Waals surface area contributed by atoms with Gasteiger partial charge >= 0.3 is 0 Å². The highest BCUT2D eigenvalue weighted by molar-refractivity contribution is 4.96. The van der Waals surface area contributed by atoms with Gasteiger partial charge in [-0.2, -0.15) is 0 Å². The van der Waals surface area contributed by atoms with Crippen molar-refractivity contribution in [1.82, 2.24) is 0 Å². The van der Waals surface area contributed by atoms with Gasteiger partial charge in [-0.3, -0.25) is 0 Å². The molecule has 0 spiro atoms. The molecule has 0 amide bonds. The second-order valence-corrected chi connectivity index (χ2v) is 5.78. The topological polar surface area (TPSA) is 20.2 Å². The maximum absolute atomic E-state index is 8.93. The maximum Gasteiger partial charge on any atom is 0.0433 e. The summed E-state index contributed by atoms with van der Waals surface area (Å²) in [5, 5.41) is 8.93. The molecule has 0 aromatic carbocycles. The van der Waals surface area contributed by atoms with E-state index in [4.69, 9.17) is 5.11 Å². The van der Waals surface area contributed by atoms with E-state index >= 15 is 0 Å². The summed E-state index contributed by atoms with van der Waals surface area (Å²) >= 11 is 0. The fourth-order valence-corrected chi connectivity index (χ4v) is 3.59. The zero-order valence-electron chi connectivity index (χ0n) is 10.9. The summed E-state index contributed by atoms with van der Waals surface area (Å²) in [5.74, 6) is 2.42. The fourth-order valence-electron chi connectivity index (χ4n) is 3.59. The van der Waals surface area contributed by atoms with Crippen LogP contribution < -0.4 is 0 Å². The van der Waals surface area contributed by atoms with E-state index in [1.165, 1.54) is 25.7 Å². The lowest BCUT2D eigenvalue weighted by molar-refractivity contribution is -0.0283. The van der Waals surface area contributed by atoms with Crippen LogP contribution in [0.15, 0.2) is 0 Å². The Morgan fingerprint density at radius 3 is 2.40 bits per heavy atom. The van der Waals surface area contributed by atoms with Crippen LogP contribution in [0.3, 0.4) is 0 Å². The summed E-state index contributed by atoms with van der Waals surface area (Å²) in [6, 6.07) is 0. The van der Waals surface area contributed by atoms with E-state index in [9.17, 15) is 0 Å². The largest absolute Gasteiger partial charge is 0.396 e.